The summed E-state index contributed by atoms with van der Waals surface area (Å²) >= 11 is 0. The normalized spacial score (nSPS) is 20.5. The van der Waals surface area contributed by atoms with Gasteiger partial charge in [-0.25, -0.2) is 4.98 Å². The van der Waals surface area contributed by atoms with Crippen LogP contribution in [0.25, 0.3) is 10.9 Å². The van der Waals surface area contributed by atoms with Crippen LogP contribution in [0.4, 0.5) is 5.82 Å². The topological polar surface area (TPSA) is 64.1 Å². The average molecular weight is 570 g/mol. The number of rotatable bonds is 13. The maximum absolute atomic E-state index is 13.9. The Morgan fingerprint density at radius 1 is 1.10 bits per heavy atom. The number of benzene rings is 2. The predicted molar refractivity (Wildman–Crippen MR) is 168 cm³/mol. The Morgan fingerprint density at radius 2 is 1.93 bits per heavy atom. The lowest BCUT2D eigenvalue weighted by Gasteiger charge is -2.39. The van der Waals surface area contributed by atoms with E-state index in [1.54, 1.807) is 14.2 Å². The standard InChI is InChI=1S/C35H43N3O4/c1-5-27-22-37(25(2)42-23-26-10-7-6-8-11-26)19-17-28(27)13-16-34(39)32-21-35(38-18-9-12-29(38)24-40-3)36-33-15-14-30(41-4)20-31(32)33/h5-8,10-11,14-15,20-21,27-29H,1-2,9,12-13,16-19,22-24H2,3-4H3/t27-,28+,29-/m0/s1. The van der Waals surface area contributed by atoms with Crippen molar-refractivity contribution >= 4 is 22.5 Å². The molecule has 2 fully saturated rings. The molecular formula is C35H43N3O4. The first-order chi connectivity index (χ1) is 20.5. The number of pyridine rings is 1. The van der Waals surface area contributed by atoms with Gasteiger partial charge in [-0.1, -0.05) is 36.4 Å². The summed E-state index contributed by atoms with van der Waals surface area (Å²) < 4.78 is 17.0. The van der Waals surface area contributed by atoms with Crippen LogP contribution in [-0.4, -0.2) is 62.2 Å². The Balaban J connectivity index is 1.27. The number of Topliss-reactive ketones (excluding diaryl/α,β-unsaturated/α-hetero) is 1. The second-order valence-electron chi connectivity index (χ2n) is 11.4. The summed E-state index contributed by atoms with van der Waals surface area (Å²) in [6.07, 6.45) is 6.41. The van der Waals surface area contributed by atoms with Crippen molar-refractivity contribution in [3.05, 3.63) is 90.8 Å². The van der Waals surface area contributed by atoms with E-state index >= 15 is 0 Å². The number of ether oxygens (including phenoxy) is 3. The van der Waals surface area contributed by atoms with Crippen molar-refractivity contribution in [2.24, 2.45) is 11.8 Å². The molecule has 222 valence electrons. The summed E-state index contributed by atoms with van der Waals surface area (Å²) in [5.74, 6) is 3.03. The highest BCUT2D eigenvalue weighted by Gasteiger charge is 2.30. The number of hydrogen-bond acceptors (Lipinski definition) is 7. The van der Waals surface area contributed by atoms with Crippen molar-refractivity contribution in [1.82, 2.24) is 9.88 Å². The SMILES string of the molecule is C=C[C@H]1CN(C(=C)OCc2ccccc2)CC[C@H]1CCC(=O)c1cc(N2CCC[C@H]2COC)nc2ccc(OC)cc12. The minimum atomic E-state index is 0.139. The molecule has 0 aliphatic carbocycles. The number of likely N-dealkylation sites (tertiary alicyclic amines) is 1. The maximum Gasteiger partial charge on any atom is 0.182 e. The average Bonchev–Trinajstić information content (AvgIpc) is 3.50. The number of anilines is 1. The van der Waals surface area contributed by atoms with E-state index in [1.165, 1.54) is 0 Å². The number of carbonyl (C=O) groups is 1. The molecule has 7 heteroatoms. The van der Waals surface area contributed by atoms with Crippen LogP contribution in [0.2, 0.25) is 0 Å². The molecule has 0 bridgehead atoms. The van der Waals surface area contributed by atoms with Gasteiger partial charge in [0.1, 0.15) is 18.2 Å². The first-order valence-corrected chi connectivity index (χ1v) is 15.0. The lowest BCUT2D eigenvalue weighted by atomic mass is 9.81. The van der Waals surface area contributed by atoms with Crippen molar-refractivity contribution in [3.8, 4) is 5.75 Å². The number of carbonyl (C=O) groups excluding carboxylic acids is 1. The summed E-state index contributed by atoms with van der Waals surface area (Å²) in [6.45, 7) is 12.0. The van der Waals surface area contributed by atoms with E-state index in [1.807, 2.05) is 48.5 Å². The second kappa shape index (κ2) is 13.9. The van der Waals surface area contributed by atoms with Crippen molar-refractivity contribution < 1.29 is 19.0 Å². The molecular weight excluding hydrogens is 526 g/mol. The van der Waals surface area contributed by atoms with E-state index in [4.69, 9.17) is 19.2 Å². The number of hydrogen-bond donors (Lipinski definition) is 0. The molecule has 3 heterocycles. The second-order valence-corrected chi connectivity index (χ2v) is 11.4. The highest BCUT2D eigenvalue weighted by Crippen LogP contribution is 2.34. The third kappa shape index (κ3) is 6.79. The number of piperidine rings is 1. The first-order valence-electron chi connectivity index (χ1n) is 15.0. The quantitative estimate of drug-likeness (QED) is 0.130. The summed E-state index contributed by atoms with van der Waals surface area (Å²) in [5, 5.41) is 0.840. The Bertz CT molecular complexity index is 1390. The van der Waals surface area contributed by atoms with Crippen LogP contribution >= 0.6 is 0 Å². The van der Waals surface area contributed by atoms with Crippen molar-refractivity contribution in [2.75, 3.05) is 45.4 Å². The van der Waals surface area contributed by atoms with E-state index < -0.39 is 0 Å². The van der Waals surface area contributed by atoms with Crippen LogP contribution in [0.5, 0.6) is 5.75 Å². The molecule has 2 aliphatic rings. The Kier molecular flexibility index (Phi) is 9.80. The molecule has 2 aliphatic heterocycles. The molecule has 0 N–H and O–H groups in total. The van der Waals surface area contributed by atoms with Crippen molar-refractivity contribution in [1.29, 1.82) is 0 Å². The molecule has 2 aromatic carbocycles. The van der Waals surface area contributed by atoms with Gasteiger partial charge in [-0.05, 0) is 73.9 Å². The van der Waals surface area contributed by atoms with E-state index in [0.29, 0.717) is 37.0 Å². The summed E-state index contributed by atoms with van der Waals surface area (Å²) in [5.41, 5.74) is 2.65. The van der Waals surface area contributed by atoms with Crippen LogP contribution in [0.3, 0.4) is 0 Å². The summed E-state index contributed by atoms with van der Waals surface area (Å²) in [6, 6.07) is 18.2. The Labute approximate surface area is 249 Å². The molecule has 42 heavy (non-hydrogen) atoms. The van der Waals surface area contributed by atoms with E-state index in [2.05, 4.69) is 35.1 Å². The number of methoxy groups -OCH3 is 2. The van der Waals surface area contributed by atoms with E-state index in [9.17, 15) is 4.79 Å². The fraction of sp³-hybridized carbons (Fsp3) is 0.429. The number of fused-ring (bicyclic) bond motifs is 1. The third-order valence-electron chi connectivity index (χ3n) is 8.79. The molecule has 0 amide bonds. The van der Waals surface area contributed by atoms with Gasteiger partial charge in [0.05, 0.1) is 25.3 Å². The molecule has 3 atom stereocenters. The fourth-order valence-corrected chi connectivity index (χ4v) is 6.36. The molecule has 5 rings (SSSR count). The third-order valence-corrected chi connectivity index (χ3v) is 8.79. The van der Waals surface area contributed by atoms with Gasteiger partial charge in [-0.15, -0.1) is 6.58 Å². The van der Waals surface area contributed by atoms with Gasteiger partial charge in [0, 0.05) is 44.1 Å². The van der Waals surface area contributed by atoms with Gasteiger partial charge in [-0.2, -0.15) is 0 Å². The largest absolute Gasteiger partial charge is 0.497 e. The van der Waals surface area contributed by atoms with Crippen LogP contribution in [0.1, 0.15) is 48.0 Å². The van der Waals surface area contributed by atoms with Gasteiger partial charge in [0.15, 0.2) is 11.7 Å². The molecule has 1 aromatic heterocycles. The first kappa shape index (κ1) is 29.6. The lowest BCUT2D eigenvalue weighted by molar-refractivity contribution is 0.0627. The fourth-order valence-electron chi connectivity index (χ4n) is 6.36. The van der Waals surface area contributed by atoms with Crippen LogP contribution in [0, 0.1) is 11.8 Å². The minimum absolute atomic E-state index is 0.139. The number of ketones is 1. The van der Waals surface area contributed by atoms with Crippen LogP contribution in [-0.2, 0) is 16.1 Å². The van der Waals surface area contributed by atoms with Gasteiger partial charge < -0.3 is 24.0 Å². The molecule has 7 nitrogen and oxygen atoms in total. The van der Waals surface area contributed by atoms with Gasteiger partial charge in [-0.3, -0.25) is 4.79 Å². The maximum atomic E-state index is 13.9. The van der Waals surface area contributed by atoms with Crippen LogP contribution < -0.4 is 9.64 Å². The summed E-state index contributed by atoms with van der Waals surface area (Å²) in [4.78, 5) is 23.3. The number of aromatic nitrogens is 1. The lowest BCUT2D eigenvalue weighted by Crippen LogP contribution is -2.39. The molecule has 2 saturated heterocycles. The minimum Gasteiger partial charge on any atom is -0.497 e. The zero-order valence-corrected chi connectivity index (χ0v) is 25.0. The molecule has 3 aromatic rings. The molecule has 0 unspecified atom stereocenters. The predicted octanol–water partition coefficient (Wildman–Crippen LogP) is 6.63. The smallest absolute Gasteiger partial charge is 0.182 e. The highest BCUT2D eigenvalue weighted by atomic mass is 16.5. The van der Waals surface area contributed by atoms with Gasteiger partial charge in [0.2, 0.25) is 0 Å². The van der Waals surface area contributed by atoms with Crippen molar-refractivity contribution in [2.45, 2.75) is 44.8 Å². The Hall–Kier alpha value is -3.84. The molecule has 0 spiro atoms. The van der Waals surface area contributed by atoms with Crippen molar-refractivity contribution in [3.63, 3.8) is 0 Å². The molecule has 0 saturated carbocycles. The van der Waals surface area contributed by atoms with E-state index in [-0.39, 0.29) is 17.7 Å². The highest BCUT2D eigenvalue weighted by molar-refractivity contribution is 6.08. The van der Waals surface area contributed by atoms with Gasteiger partial charge >= 0.3 is 0 Å². The monoisotopic (exact) mass is 569 g/mol. The Morgan fingerprint density at radius 3 is 2.69 bits per heavy atom. The van der Waals surface area contributed by atoms with E-state index in [0.717, 1.165) is 73.4 Å². The zero-order chi connectivity index (χ0) is 29.5. The number of nitrogens with zero attached hydrogens (tertiary/aromatic N) is 3. The molecule has 0 radical (unpaired) electrons. The zero-order valence-electron chi connectivity index (χ0n) is 25.0. The summed E-state index contributed by atoms with van der Waals surface area (Å²) in [7, 11) is 3.38. The van der Waals surface area contributed by atoms with Crippen LogP contribution in [0.15, 0.2) is 79.7 Å². The van der Waals surface area contributed by atoms with Gasteiger partial charge in [0.25, 0.3) is 0 Å².